The van der Waals surface area contributed by atoms with E-state index >= 15 is 0 Å². The molecule has 0 bridgehead atoms. The Balaban J connectivity index is 1.95. The molecule has 1 fully saturated rings. The Labute approximate surface area is 177 Å². The fraction of sp³-hybridized carbons (Fsp3) is 0.409. The largest absolute Gasteiger partial charge is 0.416 e. The van der Waals surface area contributed by atoms with Gasteiger partial charge in [0.05, 0.1) is 11.1 Å². The van der Waals surface area contributed by atoms with Gasteiger partial charge in [0.15, 0.2) is 0 Å². The number of aromatic amines is 1. The van der Waals surface area contributed by atoms with Gasteiger partial charge in [-0.15, -0.1) is 0 Å². The first-order chi connectivity index (χ1) is 14.6. The van der Waals surface area contributed by atoms with Crippen molar-refractivity contribution in [3.05, 3.63) is 62.1 Å². The Morgan fingerprint density at radius 2 is 1.90 bits per heavy atom. The number of pyridine rings is 1. The third kappa shape index (κ3) is 5.15. The van der Waals surface area contributed by atoms with Crippen molar-refractivity contribution in [2.75, 3.05) is 5.32 Å². The van der Waals surface area contributed by atoms with Crippen LogP contribution < -0.4 is 16.2 Å². The molecule has 1 aromatic carbocycles. The van der Waals surface area contributed by atoms with E-state index in [1.54, 1.807) is 19.9 Å². The average Bonchev–Trinajstić information content (AvgIpc) is 3.18. The summed E-state index contributed by atoms with van der Waals surface area (Å²) in [7, 11) is 0. The molecular weight excluding hydrogens is 409 g/mol. The number of nitrogens with one attached hydrogen (secondary N) is 4. The molecule has 4 N–H and O–H groups in total. The molecule has 1 aliphatic carbocycles. The maximum atomic E-state index is 13.5. The third-order valence-electron chi connectivity index (χ3n) is 5.53. The zero-order chi connectivity index (χ0) is 22.8. The first-order valence-electron chi connectivity index (χ1n) is 10.1. The minimum atomic E-state index is -4.65. The number of rotatable bonds is 6. The monoisotopic (exact) mass is 434 g/mol. The number of carbonyl (C=O) groups is 1. The van der Waals surface area contributed by atoms with E-state index in [2.05, 4.69) is 15.6 Å². The molecule has 0 unspecified atom stereocenters. The zero-order valence-corrected chi connectivity index (χ0v) is 17.4. The van der Waals surface area contributed by atoms with Crippen LogP contribution in [0.15, 0.2) is 23.0 Å². The van der Waals surface area contributed by atoms with Crippen LogP contribution in [0.1, 0.15) is 64.0 Å². The van der Waals surface area contributed by atoms with Gasteiger partial charge in [-0.3, -0.25) is 9.59 Å². The fourth-order valence-electron chi connectivity index (χ4n) is 3.93. The molecule has 2 aromatic rings. The first-order valence-corrected chi connectivity index (χ1v) is 10.1. The van der Waals surface area contributed by atoms with E-state index in [9.17, 15) is 22.8 Å². The van der Waals surface area contributed by atoms with Gasteiger partial charge in [0.2, 0.25) is 0 Å². The van der Waals surface area contributed by atoms with Crippen LogP contribution in [0.5, 0.6) is 0 Å². The number of hydrogen-bond acceptors (Lipinski definition) is 4. The Bertz CT molecular complexity index is 1050. The number of anilines is 1. The molecule has 166 valence electrons. The number of aromatic nitrogens is 1. The average molecular weight is 434 g/mol. The van der Waals surface area contributed by atoms with E-state index in [1.165, 1.54) is 0 Å². The summed E-state index contributed by atoms with van der Waals surface area (Å²) in [5.41, 5.74) is 0.285. The second-order valence-electron chi connectivity index (χ2n) is 7.88. The summed E-state index contributed by atoms with van der Waals surface area (Å²) >= 11 is 0. The molecular formula is C22H25F3N4O2. The van der Waals surface area contributed by atoms with Crippen molar-refractivity contribution in [3.8, 4) is 0 Å². The van der Waals surface area contributed by atoms with Crippen LogP contribution in [0.3, 0.4) is 0 Å². The lowest BCUT2D eigenvalue weighted by molar-refractivity contribution is -0.137. The lowest BCUT2D eigenvalue weighted by Gasteiger charge is -2.20. The van der Waals surface area contributed by atoms with Gasteiger partial charge in [0.25, 0.3) is 11.5 Å². The Morgan fingerprint density at radius 1 is 1.23 bits per heavy atom. The quantitative estimate of drug-likeness (QED) is 0.511. The molecule has 6 nitrogen and oxygen atoms in total. The molecule has 3 rings (SSSR count). The number of benzene rings is 1. The maximum Gasteiger partial charge on any atom is 0.416 e. The van der Waals surface area contributed by atoms with E-state index in [-0.39, 0.29) is 35.0 Å². The van der Waals surface area contributed by atoms with Crippen molar-refractivity contribution < 1.29 is 18.0 Å². The lowest BCUT2D eigenvalue weighted by Crippen LogP contribution is -2.29. The van der Waals surface area contributed by atoms with Crippen LogP contribution in [0.4, 0.5) is 18.9 Å². The molecule has 9 heteroatoms. The number of carbonyl (C=O) groups excluding carboxylic acids is 1. The van der Waals surface area contributed by atoms with Gasteiger partial charge < -0.3 is 21.0 Å². The minimum Gasteiger partial charge on any atom is -0.382 e. The van der Waals surface area contributed by atoms with Gasteiger partial charge in [0.1, 0.15) is 0 Å². The SMILES string of the molecule is Cc1cc(C)c(CNC(=O)c2cc(C(F)(F)F)cc(NC3CCCC3)c2C=N)c(=O)[nH]1. The van der Waals surface area contributed by atoms with Crippen molar-refractivity contribution in [2.45, 2.75) is 58.3 Å². The van der Waals surface area contributed by atoms with Crippen LogP contribution in [0.25, 0.3) is 0 Å². The minimum absolute atomic E-state index is 0.00635. The van der Waals surface area contributed by atoms with E-state index < -0.39 is 17.6 Å². The van der Waals surface area contributed by atoms with E-state index in [0.717, 1.165) is 44.0 Å². The van der Waals surface area contributed by atoms with Crippen molar-refractivity contribution >= 4 is 17.8 Å². The number of amides is 1. The third-order valence-corrected chi connectivity index (χ3v) is 5.53. The standard InChI is InChI=1S/C22H25F3N4O2/c1-12-7-13(2)28-21(31)18(12)11-27-20(30)16-8-14(22(23,24)25)9-19(17(16)10-26)29-15-5-3-4-6-15/h7-10,15,26,29H,3-6,11H2,1-2H3,(H,27,30)(H,28,31). The van der Waals surface area contributed by atoms with Crippen LogP contribution in [-0.4, -0.2) is 23.1 Å². The van der Waals surface area contributed by atoms with Gasteiger partial charge in [0, 0.05) is 41.3 Å². The predicted molar refractivity (Wildman–Crippen MR) is 113 cm³/mol. The molecule has 1 aliphatic rings. The number of alkyl halides is 3. The zero-order valence-electron chi connectivity index (χ0n) is 17.4. The normalized spacial score (nSPS) is 14.5. The Morgan fingerprint density at radius 3 is 2.48 bits per heavy atom. The van der Waals surface area contributed by atoms with Gasteiger partial charge in [-0.25, -0.2) is 0 Å². The van der Waals surface area contributed by atoms with Crippen molar-refractivity contribution in [1.82, 2.24) is 10.3 Å². The van der Waals surface area contributed by atoms with Crippen molar-refractivity contribution in [2.24, 2.45) is 0 Å². The molecule has 0 radical (unpaired) electrons. The van der Waals surface area contributed by atoms with E-state index in [1.807, 2.05) is 0 Å². The summed E-state index contributed by atoms with van der Waals surface area (Å²) in [6.45, 7) is 3.31. The summed E-state index contributed by atoms with van der Waals surface area (Å²) in [4.78, 5) is 27.6. The van der Waals surface area contributed by atoms with Crippen molar-refractivity contribution in [1.29, 1.82) is 5.41 Å². The fourth-order valence-corrected chi connectivity index (χ4v) is 3.93. The molecule has 1 heterocycles. The second kappa shape index (κ2) is 8.95. The number of aryl methyl sites for hydroxylation is 2. The van der Waals surface area contributed by atoms with Crippen molar-refractivity contribution in [3.63, 3.8) is 0 Å². The molecule has 1 aromatic heterocycles. The summed E-state index contributed by atoms with van der Waals surface area (Å²) in [6.07, 6.45) is -0.152. The molecule has 0 saturated heterocycles. The number of H-pyrrole nitrogens is 1. The van der Waals surface area contributed by atoms with Crippen LogP contribution >= 0.6 is 0 Å². The van der Waals surface area contributed by atoms with Crippen LogP contribution in [-0.2, 0) is 12.7 Å². The summed E-state index contributed by atoms with van der Waals surface area (Å²) in [6, 6.07) is 3.46. The highest BCUT2D eigenvalue weighted by atomic mass is 19.4. The topological polar surface area (TPSA) is 97.8 Å². The highest BCUT2D eigenvalue weighted by Crippen LogP contribution is 2.35. The highest BCUT2D eigenvalue weighted by Gasteiger charge is 2.33. The molecule has 1 saturated carbocycles. The van der Waals surface area contributed by atoms with Crippen LogP contribution in [0.2, 0.25) is 0 Å². The van der Waals surface area contributed by atoms with Gasteiger partial charge in [-0.05, 0) is 50.5 Å². The maximum absolute atomic E-state index is 13.5. The molecule has 0 aliphatic heterocycles. The molecule has 0 atom stereocenters. The molecule has 31 heavy (non-hydrogen) atoms. The van der Waals surface area contributed by atoms with Gasteiger partial charge in [-0.2, -0.15) is 13.2 Å². The lowest BCUT2D eigenvalue weighted by atomic mass is 10.00. The Kier molecular flexibility index (Phi) is 6.52. The second-order valence-corrected chi connectivity index (χ2v) is 7.88. The smallest absolute Gasteiger partial charge is 0.382 e. The van der Waals surface area contributed by atoms with E-state index in [4.69, 9.17) is 5.41 Å². The molecule has 1 amide bonds. The number of hydrogen-bond donors (Lipinski definition) is 4. The predicted octanol–water partition coefficient (Wildman–Crippen LogP) is 4.29. The van der Waals surface area contributed by atoms with Gasteiger partial charge in [-0.1, -0.05) is 12.8 Å². The first kappa shape index (κ1) is 22.6. The number of halogens is 3. The van der Waals surface area contributed by atoms with E-state index in [0.29, 0.717) is 16.8 Å². The summed E-state index contributed by atoms with van der Waals surface area (Å²) in [5.74, 6) is -0.779. The summed E-state index contributed by atoms with van der Waals surface area (Å²) in [5, 5.41) is 13.3. The van der Waals surface area contributed by atoms with Gasteiger partial charge >= 0.3 is 6.18 Å². The van der Waals surface area contributed by atoms with Crippen LogP contribution in [0, 0.1) is 19.3 Å². The summed E-state index contributed by atoms with van der Waals surface area (Å²) < 4.78 is 40.5. The Hall–Kier alpha value is -3.10. The highest BCUT2D eigenvalue weighted by molar-refractivity contribution is 6.05. The molecule has 0 spiro atoms.